The van der Waals surface area contributed by atoms with Gasteiger partial charge in [-0.1, -0.05) is 13.8 Å². The van der Waals surface area contributed by atoms with Crippen molar-refractivity contribution in [1.82, 2.24) is 0 Å². The van der Waals surface area contributed by atoms with Gasteiger partial charge in [0.15, 0.2) is 0 Å². The van der Waals surface area contributed by atoms with Crippen molar-refractivity contribution in [1.29, 1.82) is 0 Å². The zero-order valence-electron chi connectivity index (χ0n) is 13.8. The monoisotopic (exact) mass is 304 g/mol. The SMILES string of the molecule is C[C@]12CCC(O)C[C@@H]1CC[C@@H]1[C@@H]2C(=O)C[C@]2(C)C(=O)CC[C@@H]12. The van der Waals surface area contributed by atoms with Crippen molar-refractivity contribution in [2.24, 2.45) is 34.5 Å². The van der Waals surface area contributed by atoms with Gasteiger partial charge in [-0.05, 0) is 61.7 Å². The van der Waals surface area contributed by atoms with Crippen molar-refractivity contribution in [3.63, 3.8) is 0 Å². The van der Waals surface area contributed by atoms with E-state index >= 15 is 0 Å². The van der Waals surface area contributed by atoms with E-state index in [1.807, 2.05) is 0 Å². The predicted octanol–water partition coefficient (Wildman–Crippen LogP) is 3.14. The van der Waals surface area contributed by atoms with Crippen LogP contribution in [0.25, 0.3) is 0 Å². The third-order valence-electron chi connectivity index (χ3n) is 8.04. The molecule has 0 amide bonds. The van der Waals surface area contributed by atoms with Gasteiger partial charge < -0.3 is 5.11 Å². The Morgan fingerprint density at radius 3 is 2.64 bits per heavy atom. The Morgan fingerprint density at radius 1 is 1.09 bits per heavy atom. The van der Waals surface area contributed by atoms with Crippen LogP contribution in [-0.4, -0.2) is 22.8 Å². The van der Waals surface area contributed by atoms with E-state index in [0.717, 1.165) is 38.5 Å². The highest BCUT2D eigenvalue weighted by Crippen LogP contribution is 2.64. The number of aliphatic hydroxyl groups excluding tert-OH is 1. The zero-order chi connectivity index (χ0) is 15.7. The molecule has 0 spiro atoms. The molecule has 7 atom stereocenters. The van der Waals surface area contributed by atoms with Gasteiger partial charge in [0.1, 0.15) is 11.6 Å². The van der Waals surface area contributed by atoms with E-state index in [1.54, 1.807) is 0 Å². The summed E-state index contributed by atoms with van der Waals surface area (Å²) in [4.78, 5) is 25.4. The van der Waals surface area contributed by atoms with E-state index in [4.69, 9.17) is 0 Å². The van der Waals surface area contributed by atoms with Crippen LogP contribution in [0.15, 0.2) is 0 Å². The maximum absolute atomic E-state index is 13.0. The van der Waals surface area contributed by atoms with Gasteiger partial charge in [-0.15, -0.1) is 0 Å². The molecular weight excluding hydrogens is 276 g/mol. The molecule has 0 aromatic carbocycles. The smallest absolute Gasteiger partial charge is 0.139 e. The Hall–Kier alpha value is -0.700. The third kappa shape index (κ3) is 1.78. The number of fused-ring (bicyclic) bond motifs is 5. The van der Waals surface area contributed by atoms with Gasteiger partial charge in [-0.25, -0.2) is 0 Å². The van der Waals surface area contributed by atoms with Gasteiger partial charge in [-0.3, -0.25) is 9.59 Å². The molecule has 1 N–H and O–H groups in total. The van der Waals surface area contributed by atoms with Gasteiger partial charge in [0.05, 0.1) is 6.10 Å². The molecule has 0 bridgehead atoms. The average Bonchev–Trinajstić information content (AvgIpc) is 2.75. The summed E-state index contributed by atoms with van der Waals surface area (Å²) < 4.78 is 0. The van der Waals surface area contributed by atoms with Crippen molar-refractivity contribution in [3.8, 4) is 0 Å². The first kappa shape index (κ1) is 14.9. The second-order valence-electron chi connectivity index (χ2n) is 8.98. The molecule has 1 unspecified atom stereocenters. The lowest BCUT2D eigenvalue weighted by Gasteiger charge is -2.58. The molecule has 4 rings (SSSR count). The molecule has 4 aliphatic carbocycles. The highest BCUT2D eigenvalue weighted by Gasteiger charge is 2.63. The zero-order valence-corrected chi connectivity index (χ0v) is 13.8. The van der Waals surface area contributed by atoms with Crippen LogP contribution < -0.4 is 0 Å². The van der Waals surface area contributed by atoms with E-state index in [9.17, 15) is 14.7 Å². The van der Waals surface area contributed by atoms with E-state index in [0.29, 0.717) is 42.2 Å². The molecule has 4 fully saturated rings. The molecule has 3 heteroatoms. The van der Waals surface area contributed by atoms with E-state index in [2.05, 4.69) is 13.8 Å². The van der Waals surface area contributed by atoms with E-state index in [-0.39, 0.29) is 22.9 Å². The minimum absolute atomic E-state index is 0.0617. The normalized spacial score (nSPS) is 54.6. The Morgan fingerprint density at radius 2 is 1.86 bits per heavy atom. The summed E-state index contributed by atoms with van der Waals surface area (Å²) in [6, 6.07) is 0. The van der Waals surface area contributed by atoms with Crippen LogP contribution in [0.3, 0.4) is 0 Å². The quantitative estimate of drug-likeness (QED) is 0.748. The lowest BCUT2D eigenvalue weighted by Crippen LogP contribution is -2.57. The Kier molecular flexibility index (Phi) is 3.15. The maximum atomic E-state index is 13.0. The van der Waals surface area contributed by atoms with Crippen molar-refractivity contribution in [2.75, 3.05) is 0 Å². The highest BCUT2D eigenvalue weighted by atomic mass is 16.3. The molecule has 122 valence electrons. The fraction of sp³-hybridized carbons (Fsp3) is 0.895. The van der Waals surface area contributed by atoms with Crippen LogP contribution in [0.2, 0.25) is 0 Å². The third-order valence-corrected chi connectivity index (χ3v) is 8.04. The maximum Gasteiger partial charge on any atom is 0.139 e. The average molecular weight is 304 g/mol. The van der Waals surface area contributed by atoms with Crippen molar-refractivity contribution < 1.29 is 14.7 Å². The fourth-order valence-electron chi connectivity index (χ4n) is 6.83. The molecular formula is C19H28O3. The van der Waals surface area contributed by atoms with Gasteiger partial charge in [0.25, 0.3) is 0 Å². The summed E-state index contributed by atoms with van der Waals surface area (Å²) in [5.41, 5.74) is -0.304. The first-order chi connectivity index (χ1) is 10.4. The van der Waals surface area contributed by atoms with E-state index in [1.165, 1.54) is 0 Å². The van der Waals surface area contributed by atoms with Gasteiger partial charge >= 0.3 is 0 Å². The molecule has 3 nitrogen and oxygen atoms in total. The topological polar surface area (TPSA) is 54.4 Å². The predicted molar refractivity (Wildman–Crippen MR) is 83.1 cm³/mol. The molecule has 0 saturated heterocycles. The summed E-state index contributed by atoms with van der Waals surface area (Å²) in [6.07, 6.45) is 6.86. The van der Waals surface area contributed by atoms with Crippen molar-refractivity contribution in [3.05, 3.63) is 0 Å². The second-order valence-corrected chi connectivity index (χ2v) is 8.98. The molecule has 4 saturated carbocycles. The number of carbonyl (C=O) groups is 2. The Bertz CT molecular complexity index is 527. The fourth-order valence-corrected chi connectivity index (χ4v) is 6.83. The molecule has 0 heterocycles. The first-order valence-corrected chi connectivity index (χ1v) is 9.10. The number of rotatable bonds is 0. The number of hydrogen-bond acceptors (Lipinski definition) is 3. The Balaban J connectivity index is 1.71. The summed E-state index contributed by atoms with van der Waals surface area (Å²) in [5, 5.41) is 10.0. The summed E-state index contributed by atoms with van der Waals surface area (Å²) in [6.45, 7) is 4.36. The molecule has 0 aromatic rings. The van der Waals surface area contributed by atoms with Crippen LogP contribution in [0.4, 0.5) is 0 Å². The number of aliphatic hydroxyl groups is 1. The molecule has 0 radical (unpaired) electrons. The van der Waals surface area contributed by atoms with Crippen molar-refractivity contribution in [2.45, 2.75) is 71.3 Å². The van der Waals surface area contributed by atoms with Crippen LogP contribution >= 0.6 is 0 Å². The number of Topliss-reactive ketones (excluding diaryl/α,β-unsaturated/α-hetero) is 2. The second kappa shape index (κ2) is 4.66. The standard InChI is InChI=1S/C19H28O3/c1-18-8-7-12(20)9-11(18)3-4-13-14-5-6-16(22)19(14,2)10-15(21)17(13)18/h11-14,17,20H,3-10H2,1-2H3/t11-,12?,13-,14-,17+,18-,19-/m0/s1. The lowest BCUT2D eigenvalue weighted by molar-refractivity contribution is -0.162. The van der Waals surface area contributed by atoms with Crippen LogP contribution in [-0.2, 0) is 9.59 Å². The molecule has 4 aliphatic rings. The summed E-state index contributed by atoms with van der Waals surface area (Å²) in [5.74, 6) is 2.14. The summed E-state index contributed by atoms with van der Waals surface area (Å²) >= 11 is 0. The molecule has 0 aromatic heterocycles. The molecule has 0 aliphatic heterocycles. The number of carbonyl (C=O) groups excluding carboxylic acids is 2. The van der Waals surface area contributed by atoms with Crippen LogP contribution in [0.1, 0.15) is 65.2 Å². The summed E-state index contributed by atoms with van der Waals surface area (Å²) in [7, 11) is 0. The van der Waals surface area contributed by atoms with Gasteiger partial charge in [0.2, 0.25) is 0 Å². The largest absolute Gasteiger partial charge is 0.393 e. The first-order valence-electron chi connectivity index (χ1n) is 9.10. The van der Waals surface area contributed by atoms with Crippen molar-refractivity contribution >= 4 is 11.6 Å². The van der Waals surface area contributed by atoms with Gasteiger partial charge in [-0.2, -0.15) is 0 Å². The minimum atomic E-state index is -0.365. The van der Waals surface area contributed by atoms with Gasteiger partial charge in [0, 0.05) is 24.2 Å². The van der Waals surface area contributed by atoms with Crippen LogP contribution in [0.5, 0.6) is 0 Å². The number of ketones is 2. The van der Waals surface area contributed by atoms with E-state index < -0.39 is 0 Å². The lowest BCUT2D eigenvalue weighted by atomic mass is 9.45. The minimum Gasteiger partial charge on any atom is -0.393 e. The highest BCUT2D eigenvalue weighted by molar-refractivity contribution is 5.95. The molecule has 22 heavy (non-hydrogen) atoms. The van der Waals surface area contributed by atoms with Crippen LogP contribution in [0, 0.1) is 34.5 Å². The Labute approximate surface area is 132 Å². The number of hydrogen-bond donors (Lipinski definition) is 1.